The van der Waals surface area contributed by atoms with Crippen molar-refractivity contribution in [2.45, 2.75) is 12.0 Å². The number of nitrogens with zero attached hydrogens (tertiary/aromatic N) is 1. The number of rotatable bonds is 7. The van der Waals surface area contributed by atoms with Gasteiger partial charge in [-0.25, -0.2) is 0 Å². The van der Waals surface area contributed by atoms with E-state index in [4.69, 9.17) is 0 Å². The van der Waals surface area contributed by atoms with E-state index in [9.17, 15) is 4.79 Å². The molecule has 0 fully saturated rings. The van der Waals surface area contributed by atoms with E-state index >= 15 is 0 Å². The summed E-state index contributed by atoms with van der Waals surface area (Å²) in [7, 11) is 3.60. The molecule has 0 spiro atoms. The van der Waals surface area contributed by atoms with Crippen molar-refractivity contribution in [3.8, 4) is 0 Å². The fourth-order valence-electron chi connectivity index (χ4n) is 3.72. The third kappa shape index (κ3) is 4.11. The topological polar surface area (TPSA) is 48.1 Å². The number of H-pyrrole nitrogens is 1. The molecule has 0 saturated heterocycles. The molecule has 1 amide bonds. The monoisotopic (exact) mass is 403 g/mol. The van der Waals surface area contributed by atoms with Crippen molar-refractivity contribution < 1.29 is 4.79 Å². The second-order valence-electron chi connectivity index (χ2n) is 7.34. The summed E-state index contributed by atoms with van der Waals surface area (Å²) in [4.78, 5) is 19.2. The molecule has 5 heteroatoms. The van der Waals surface area contributed by atoms with Crippen LogP contribution in [0.4, 0.5) is 0 Å². The first-order chi connectivity index (χ1) is 14.1. The largest absolute Gasteiger partial charge is 0.361 e. The van der Waals surface area contributed by atoms with Gasteiger partial charge < -0.3 is 15.2 Å². The Morgan fingerprint density at radius 1 is 1.03 bits per heavy atom. The van der Waals surface area contributed by atoms with Gasteiger partial charge in [0.15, 0.2) is 0 Å². The zero-order valence-corrected chi connectivity index (χ0v) is 17.4. The molecule has 0 aliphatic carbocycles. The van der Waals surface area contributed by atoms with Crippen LogP contribution >= 0.6 is 11.3 Å². The van der Waals surface area contributed by atoms with Gasteiger partial charge in [0.05, 0.1) is 0 Å². The summed E-state index contributed by atoms with van der Waals surface area (Å²) in [6.45, 7) is 0.668. The van der Waals surface area contributed by atoms with Crippen LogP contribution in [0.5, 0.6) is 0 Å². The summed E-state index contributed by atoms with van der Waals surface area (Å²) in [5.74, 6) is 0.215. The van der Waals surface area contributed by atoms with Crippen LogP contribution in [0, 0.1) is 0 Å². The number of para-hydroxylation sites is 1. The van der Waals surface area contributed by atoms with Gasteiger partial charge in [0.1, 0.15) is 6.04 Å². The SMILES string of the molecule is CN(C)C(=O)[C@H](NC[C@H](c1cccs1)c1c[nH]c2ccccc12)c1ccccc1. The van der Waals surface area contributed by atoms with Gasteiger partial charge in [-0.2, -0.15) is 0 Å². The van der Waals surface area contributed by atoms with E-state index in [1.54, 1.807) is 30.3 Å². The van der Waals surface area contributed by atoms with Crippen molar-refractivity contribution in [3.63, 3.8) is 0 Å². The van der Waals surface area contributed by atoms with E-state index in [2.05, 4.69) is 52.2 Å². The number of fused-ring (bicyclic) bond motifs is 1. The molecule has 0 saturated carbocycles. The van der Waals surface area contributed by atoms with E-state index in [1.165, 1.54) is 15.8 Å². The average Bonchev–Trinajstić information content (AvgIpc) is 3.42. The van der Waals surface area contributed by atoms with Gasteiger partial charge in [0, 0.05) is 48.5 Å². The molecule has 148 valence electrons. The number of carbonyl (C=O) groups excluding carboxylic acids is 1. The van der Waals surface area contributed by atoms with Crippen molar-refractivity contribution in [2.75, 3.05) is 20.6 Å². The zero-order chi connectivity index (χ0) is 20.2. The maximum absolute atomic E-state index is 12.9. The minimum atomic E-state index is -0.376. The molecule has 2 N–H and O–H groups in total. The predicted molar refractivity (Wildman–Crippen MR) is 120 cm³/mol. The van der Waals surface area contributed by atoms with Gasteiger partial charge in [-0.15, -0.1) is 11.3 Å². The van der Waals surface area contributed by atoms with Gasteiger partial charge in [-0.3, -0.25) is 4.79 Å². The van der Waals surface area contributed by atoms with Crippen LogP contribution in [0.2, 0.25) is 0 Å². The summed E-state index contributed by atoms with van der Waals surface area (Å²) < 4.78 is 0. The molecular weight excluding hydrogens is 378 g/mol. The molecule has 4 nitrogen and oxygen atoms in total. The Kier molecular flexibility index (Phi) is 5.79. The molecule has 2 heterocycles. The summed E-state index contributed by atoms with van der Waals surface area (Å²) in [6.07, 6.45) is 2.10. The van der Waals surface area contributed by atoms with Crippen LogP contribution in [0.25, 0.3) is 10.9 Å². The van der Waals surface area contributed by atoms with Gasteiger partial charge >= 0.3 is 0 Å². The highest BCUT2D eigenvalue weighted by atomic mass is 32.1. The highest BCUT2D eigenvalue weighted by Crippen LogP contribution is 2.33. The maximum atomic E-state index is 12.9. The average molecular weight is 404 g/mol. The van der Waals surface area contributed by atoms with Gasteiger partial charge in [0.25, 0.3) is 0 Å². The molecule has 0 radical (unpaired) electrons. The minimum Gasteiger partial charge on any atom is -0.361 e. The van der Waals surface area contributed by atoms with Crippen LogP contribution in [-0.2, 0) is 4.79 Å². The summed E-state index contributed by atoms with van der Waals surface area (Å²) >= 11 is 1.75. The Hall–Kier alpha value is -2.89. The van der Waals surface area contributed by atoms with Gasteiger partial charge in [-0.1, -0.05) is 54.6 Å². The van der Waals surface area contributed by atoms with Crippen molar-refractivity contribution >= 4 is 28.1 Å². The van der Waals surface area contributed by atoms with Crippen molar-refractivity contribution in [1.29, 1.82) is 0 Å². The quantitative estimate of drug-likeness (QED) is 0.466. The number of amides is 1. The van der Waals surface area contributed by atoms with Crippen LogP contribution in [0.3, 0.4) is 0 Å². The molecule has 29 heavy (non-hydrogen) atoms. The molecule has 2 aromatic carbocycles. The molecule has 2 aromatic heterocycles. The van der Waals surface area contributed by atoms with E-state index in [1.807, 2.05) is 36.4 Å². The number of benzene rings is 2. The first-order valence-corrected chi connectivity index (χ1v) is 10.6. The highest BCUT2D eigenvalue weighted by Gasteiger charge is 2.25. The van der Waals surface area contributed by atoms with Crippen LogP contribution in [0.15, 0.2) is 78.3 Å². The van der Waals surface area contributed by atoms with Crippen molar-refractivity contribution in [1.82, 2.24) is 15.2 Å². The number of likely N-dealkylation sites (N-methyl/N-ethyl adjacent to an activating group) is 1. The molecule has 4 aromatic rings. The highest BCUT2D eigenvalue weighted by molar-refractivity contribution is 7.10. The van der Waals surface area contributed by atoms with Crippen molar-refractivity contribution in [3.05, 3.63) is 94.3 Å². The molecule has 0 bridgehead atoms. The fourth-order valence-corrected chi connectivity index (χ4v) is 4.57. The Labute approximate surface area is 175 Å². The number of hydrogen-bond acceptors (Lipinski definition) is 3. The van der Waals surface area contributed by atoms with E-state index < -0.39 is 0 Å². The summed E-state index contributed by atoms with van der Waals surface area (Å²) in [6, 6.07) is 22.2. The smallest absolute Gasteiger partial charge is 0.243 e. The fraction of sp³-hybridized carbons (Fsp3) is 0.208. The van der Waals surface area contributed by atoms with Gasteiger partial charge in [-0.05, 0) is 28.6 Å². The third-order valence-corrected chi connectivity index (χ3v) is 6.22. The summed E-state index contributed by atoms with van der Waals surface area (Å²) in [5, 5.41) is 6.89. The molecule has 2 atom stereocenters. The lowest BCUT2D eigenvalue weighted by Crippen LogP contribution is -2.38. The number of nitrogens with one attached hydrogen (secondary N) is 2. The van der Waals surface area contributed by atoms with Crippen LogP contribution in [0.1, 0.15) is 28.0 Å². The zero-order valence-electron chi connectivity index (χ0n) is 16.6. The molecule has 0 aliphatic heterocycles. The van der Waals surface area contributed by atoms with E-state index in [0.29, 0.717) is 6.54 Å². The first kappa shape index (κ1) is 19.4. The summed E-state index contributed by atoms with van der Waals surface area (Å²) in [5.41, 5.74) is 3.36. The number of aromatic nitrogens is 1. The number of thiophene rings is 1. The number of aromatic amines is 1. The lowest BCUT2D eigenvalue weighted by Gasteiger charge is -2.25. The Morgan fingerprint density at radius 3 is 2.52 bits per heavy atom. The minimum absolute atomic E-state index is 0.0556. The molecule has 0 aliphatic rings. The lowest BCUT2D eigenvalue weighted by atomic mass is 9.95. The standard InChI is InChI=1S/C24H25N3OS/c1-27(2)24(28)23(17-9-4-3-5-10-17)26-16-20(22-13-8-14-29-22)19-15-25-21-12-7-6-11-18(19)21/h3-15,20,23,25-26H,16H2,1-2H3/t20-,23+/m0/s1. The second-order valence-corrected chi connectivity index (χ2v) is 8.32. The second kappa shape index (κ2) is 8.64. The Balaban J connectivity index is 1.66. The Morgan fingerprint density at radius 2 is 1.79 bits per heavy atom. The normalized spacial score (nSPS) is 13.3. The maximum Gasteiger partial charge on any atom is 0.243 e. The number of carbonyl (C=O) groups is 1. The first-order valence-electron chi connectivity index (χ1n) is 9.74. The van der Waals surface area contributed by atoms with Crippen LogP contribution < -0.4 is 5.32 Å². The number of hydrogen-bond donors (Lipinski definition) is 2. The predicted octanol–water partition coefficient (Wildman–Crippen LogP) is 4.78. The molecule has 4 rings (SSSR count). The van der Waals surface area contributed by atoms with Crippen LogP contribution in [-0.4, -0.2) is 36.4 Å². The van der Waals surface area contributed by atoms with E-state index in [-0.39, 0.29) is 17.9 Å². The third-order valence-electron chi connectivity index (χ3n) is 5.23. The van der Waals surface area contributed by atoms with Gasteiger partial charge in [0.2, 0.25) is 5.91 Å². The van der Waals surface area contributed by atoms with E-state index in [0.717, 1.165) is 11.1 Å². The van der Waals surface area contributed by atoms with Crippen molar-refractivity contribution in [2.24, 2.45) is 0 Å². The molecule has 0 unspecified atom stereocenters. The molecular formula is C24H25N3OS. The Bertz CT molecular complexity index is 1070. The lowest BCUT2D eigenvalue weighted by molar-refractivity contribution is -0.131.